The predicted molar refractivity (Wildman–Crippen MR) is 60.2 cm³/mol. The van der Waals surface area contributed by atoms with Gasteiger partial charge in [0.15, 0.2) is 0 Å². The van der Waals surface area contributed by atoms with Crippen molar-refractivity contribution in [3.05, 3.63) is 12.1 Å². The van der Waals surface area contributed by atoms with Gasteiger partial charge in [-0.3, -0.25) is 4.90 Å². The maximum absolute atomic E-state index is 12.5. The summed E-state index contributed by atoms with van der Waals surface area (Å²) in [6.07, 6.45) is 6.60. The second-order valence-electron chi connectivity index (χ2n) is 5.19. The molecule has 0 aromatic heterocycles. The monoisotopic (exact) mass is 232 g/mol. The second kappa shape index (κ2) is 4.10. The minimum Gasteiger partial charge on any atom is -0.445 e. The van der Waals surface area contributed by atoms with E-state index in [1.807, 2.05) is 4.90 Å². The maximum atomic E-state index is 12.5. The first-order valence-corrected chi connectivity index (χ1v) is 6.07. The van der Waals surface area contributed by atoms with E-state index < -0.39 is 12.4 Å². The minimum absolute atomic E-state index is 0.0312. The highest BCUT2D eigenvalue weighted by Gasteiger charge is 2.43. The smallest absolute Gasteiger partial charge is 0.445 e. The molecule has 0 atom stereocenters. The quantitative estimate of drug-likeness (QED) is 0.674. The molecular weight excluding hydrogens is 214 g/mol. The van der Waals surface area contributed by atoms with Crippen molar-refractivity contribution >= 4 is 6.98 Å². The average Bonchev–Trinajstić information content (AvgIpc) is 2.78. The lowest BCUT2D eigenvalue weighted by atomic mass is 9.79. The van der Waals surface area contributed by atoms with Crippen LogP contribution in [0.15, 0.2) is 12.1 Å². The average molecular weight is 232 g/mol. The van der Waals surface area contributed by atoms with E-state index in [0.717, 1.165) is 32.2 Å². The molecule has 1 nitrogen and oxygen atoms in total. The molecule has 2 rings (SSSR count). The van der Waals surface area contributed by atoms with Crippen LogP contribution in [0.5, 0.6) is 0 Å². The first-order chi connectivity index (χ1) is 7.44. The summed E-state index contributed by atoms with van der Waals surface area (Å²) in [4.78, 5) is 2.04. The van der Waals surface area contributed by atoms with Gasteiger partial charge >= 0.3 is 6.98 Å². The van der Waals surface area contributed by atoms with E-state index in [0.29, 0.717) is 0 Å². The zero-order chi connectivity index (χ0) is 11.8. The predicted octanol–water partition coefficient (Wildman–Crippen LogP) is 3.34. The molecule has 1 aliphatic carbocycles. The third-order valence-corrected chi connectivity index (χ3v) is 4.13. The zero-order valence-corrected chi connectivity index (χ0v) is 9.52. The highest BCUT2D eigenvalue weighted by atomic mass is 19.4. The van der Waals surface area contributed by atoms with Crippen molar-refractivity contribution in [2.75, 3.05) is 13.1 Å². The van der Waals surface area contributed by atoms with Gasteiger partial charge in [0.1, 0.15) is 0 Å². The van der Waals surface area contributed by atoms with Crippen LogP contribution in [0.25, 0.3) is 0 Å². The summed E-state index contributed by atoms with van der Waals surface area (Å²) in [6, 6.07) is 0. The molecule has 16 heavy (non-hydrogen) atoms. The van der Waals surface area contributed by atoms with Crippen LogP contribution in [0.3, 0.4) is 0 Å². The van der Waals surface area contributed by atoms with Crippen molar-refractivity contribution < 1.29 is 12.9 Å². The molecular formula is C11H18BF3N-. The van der Waals surface area contributed by atoms with E-state index >= 15 is 0 Å². The molecule has 1 heterocycles. The number of hydrogen-bond donors (Lipinski definition) is 0. The van der Waals surface area contributed by atoms with Gasteiger partial charge in [-0.05, 0) is 38.8 Å². The Bertz CT molecular complexity index is 276. The van der Waals surface area contributed by atoms with Crippen molar-refractivity contribution in [2.24, 2.45) is 0 Å². The van der Waals surface area contributed by atoms with Crippen LogP contribution in [-0.4, -0.2) is 30.5 Å². The first-order valence-electron chi connectivity index (χ1n) is 6.07. The fourth-order valence-corrected chi connectivity index (χ4v) is 3.19. The van der Waals surface area contributed by atoms with E-state index in [-0.39, 0.29) is 12.1 Å². The van der Waals surface area contributed by atoms with Crippen molar-refractivity contribution in [1.82, 2.24) is 4.90 Å². The second-order valence-corrected chi connectivity index (χ2v) is 5.19. The summed E-state index contributed by atoms with van der Waals surface area (Å²) in [7, 11) is 0. The number of rotatable bonds is 3. The Balaban J connectivity index is 2.02. The molecule has 1 aliphatic heterocycles. The molecule has 1 spiro atoms. The van der Waals surface area contributed by atoms with Crippen LogP contribution in [-0.2, 0) is 0 Å². The molecule has 1 saturated heterocycles. The summed E-state index contributed by atoms with van der Waals surface area (Å²) in [5.74, 6) is 0. The lowest BCUT2D eigenvalue weighted by molar-refractivity contribution is 0.157. The largest absolute Gasteiger partial charge is 0.506 e. The molecule has 1 saturated carbocycles. The topological polar surface area (TPSA) is 3.24 Å². The third kappa shape index (κ3) is 2.15. The Kier molecular flexibility index (Phi) is 3.08. The Hall–Kier alpha value is -0.445. The highest BCUT2D eigenvalue weighted by molar-refractivity contribution is 6.66. The summed E-state index contributed by atoms with van der Waals surface area (Å²) in [5.41, 5.74) is -0.447. The van der Waals surface area contributed by atoms with Gasteiger partial charge in [0.2, 0.25) is 0 Å². The maximum Gasteiger partial charge on any atom is 0.506 e. The number of hydrogen-bond acceptors (Lipinski definition) is 1. The molecule has 0 aromatic carbocycles. The van der Waals surface area contributed by atoms with Crippen LogP contribution in [0.2, 0.25) is 0 Å². The Morgan fingerprint density at radius 1 is 1.12 bits per heavy atom. The zero-order valence-electron chi connectivity index (χ0n) is 9.52. The SMILES string of the molecule is C=C(CN1CCCC12CCCC2)[B-](F)(F)F. The van der Waals surface area contributed by atoms with Gasteiger partial charge in [-0.25, -0.2) is 0 Å². The molecule has 0 aromatic rings. The summed E-state index contributed by atoms with van der Waals surface area (Å²) < 4.78 is 37.5. The van der Waals surface area contributed by atoms with Gasteiger partial charge < -0.3 is 12.9 Å². The standard InChI is InChI=1S/C11H18BF3N/c1-10(12(13,14)15)9-16-8-4-7-11(16)5-2-3-6-11/h1-9H2/q-1. The van der Waals surface area contributed by atoms with Gasteiger partial charge in [-0.2, -0.15) is 0 Å². The lowest BCUT2D eigenvalue weighted by Gasteiger charge is -2.37. The van der Waals surface area contributed by atoms with Crippen LogP contribution >= 0.6 is 0 Å². The molecule has 2 fully saturated rings. The number of nitrogens with zero attached hydrogens (tertiary/aromatic N) is 1. The van der Waals surface area contributed by atoms with Crippen LogP contribution < -0.4 is 0 Å². The Morgan fingerprint density at radius 2 is 1.69 bits per heavy atom. The van der Waals surface area contributed by atoms with Gasteiger partial charge in [0.25, 0.3) is 0 Å². The van der Waals surface area contributed by atoms with Crippen molar-refractivity contribution in [3.63, 3.8) is 0 Å². The van der Waals surface area contributed by atoms with Crippen LogP contribution in [0.4, 0.5) is 12.9 Å². The van der Waals surface area contributed by atoms with Crippen LogP contribution in [0, 0.1) is 0 Å². The minimum atomic E-state index is -4.86. The Labute approximate surface area is 94.7 Å². The molecule has 0 unspecified atom stereocenters. The third-order valence-electron chi connectivity index (χ3n) is 4.13. The number of likely N-dealkylation sites (tertiary alicyclic amines) is 1. The van der Waals surface area contributed by atoms with E-state index in [1.54, 1.807) is 0 Å². The summed E-state index contributed by atoms with van der Waals surface area (Å²) in [5, 5.41) is 0. The molecule has 92 valence electrons. The lowest BCUT2D eigenvalue weighted by Crippen LogP contribution is -2.44. The molecule has 2 aliphatic rings. The first kappa shape index (κ1) is 12.0. The highest BCUT2D eigenvalue weighted by Crippen LogP contribution is 2.43. The fraction of sp³-hybridized carbons (Fsp3) is 0.818. The molecule has 0 bridgehead atoms. The van der Waals surface area contributed by atoms with E-state index in [9.17, 15) is 12.9 Å². The van der Waals surface area contributed by atoms with Crippen molar-refractivity contribution in [1.29, 1.82) is 0 Å². The van der Waals surface area contributed by atoms with E-state index in [4.69, 9.17) is 0 Å². The number of halogens is 3. The van der Waals surface area contributed by atoms with E-state index in [1.165, 1.54) is 12.8 Å². The molecule has 5 heteroatoms. The van der Waals surface area contributed by atoms with Gasteiger partial charge in [0, 0.05) is 5.54 Å². The van der Waals surface area contributed by atoms with Gasteiger partial charge in [-0.15, -0.1) is 12.1 Å². The fourth-order valence-electron chi connectivity index (χ4n) is 3.19. The van der Waals surface area contributed by atoms with E-state index in [2.05, 4.69) is 6.58 Å². The molecule has 0 N–H and O–H groups in total. The molecule has 0 amide bonds. The molecule has 0 radical (unpaired) electrons. The van der Waals surface area contributed by atoms with Crippen LogP contribution in [0.1, 0.15) is 38.5 Å². The van der Waals surface area contributed by atoms with Gasteiger partial charge in [0.05, 0.1) is 0 Å². The van der Waals surface area contributed by atoms with Gasteiger partial charge in [-0.1, -0.05) is 12.8 Å². The van der Waals surface area contributed by atoms with Crippen molar-refractivity contribution in [2.45, 2.75) is 44.1 Å². The summed E-state index contributed by atoms with van der Waals surface area (Å²) >= 11 is 0. The Morgan fingerprint density at radius 3 is 2.25 bits per heavy atom. The normalized spacial score (nSPS) is 25.4. The summed E-state index contributed by atoms with van der Waals surface area (Å²) in [6.45, 7) is -0.816. The van der Waals surface area contributed by atoms with Crippen molar-refractivity contribution in [3.8, 4) is 0 Å².